The van der Waals surface area contributed by atoms with Crippen LogP contribution in [0.5, 0.6) is 0 Å². The molecule has 1 fully saturated rings. The maximum absolute atomic E-state index is 13.9. The molecule has 0 aliphatic carbocycles. The number of rotatable bonds is 6. The van der Waals surface area contributed by atoms with Crippen molar-refractivity contribution in [2.24, 2.45) is 0 Å². The number of urea groups is 1. The molecule has 1 saturated heterocycles. The average Bonchev–Trinajstić information content (AvgIpc) is 2.85. The molecule has 2 aliphatic heterocycles. The van der Waals surface area contributed by atoms with Crippen molar-refractivity contribution in [2.45, 2.75) is 47.6 Å². The Labute approximate surface area is 200 Å². The fourth-order valence-electron chi connectivity index (χ4n) is 4.25. The van der Waals surface area contributed by atoms with E-state index >= 15 is 0 Å². The molecule has 0 aromatic heterocycles. The number of Topliss-reactive ketones (excluding diaryl/α,β-unsaturated/α-hetero) is 1. The molecule has 178 valence electrons. The average molecular weight is 486 g/mol. The lowest BCUT2D eigenvalue weighted by molar-refractivity contribution is -0.140. The Bertz CT molecular complexity index is 1080. The number of fused-ring (bicyclic) bond motifs is 2. The number of hydrogen-bond donors (Lipinski definition) is 2. The second-order valence-corrected chi connectivity index (χ2v) is 9.20. The predicted molar refractivity (Wildman–Crippen MR) is 124 cm³/mol. The Balaban J connectivity index is 1.63. The number of benzene rings is 2. The molecular formula is C24H24FN3O5S. The van der Waals surface area contributed by atoms with Crippen molar-refractivity contribution in [1.82, 2.24) is 10.2 Å². The molecule has 3 amide bonds. The van der Waals surface area contributed by atoms with Gasteiger partial charge in [0.25, 0.3) is 0 Å². The van der Waals surface area contributed by atoms with Crippen LogP contribution in [0.25, 0.3) is 0 Å². The van der Waals surface area contributed by atoms with Gasteiger partial charge in [0.1, 0.15) is 18.8 Å². The monoisotopic (exact) mass is 485 g/mol. The van der Waals surface area contributed by atoms with Crippen molar-refractivity contribution in [3.05, 3.63) is 48.5 Å². The number of amides is 3. The first-order valence-electron chi connectivity index (χ1n) is 11.0. The summed E-state index contributed by atoms with van der Waals surface area (Å²) in [5.74, 6) is -3.00. The van der Waals surface area contributed by atoms with Gasteiger partial charge in [-0.05, 0) is 43.5 Å². The normalized spacial score (nSPS) is 17.9. The van der Waals surface area contributed by atoms with Gasteiger partial charge in [-0.15, -0.1) is 0 Å². The van der Waals surface area contributed by atoms with Crippen LogP contribution in [-0.2, 0) is 14.4 Å². The van der Waals surface area contributed by atoms with E-state index in [0.29, 0.717) is 37.2 Å². The molecule has 2 N–H and O–H groups in total. The highest BCUT2D eigenvalue weighted by Crippen LogP contribution is 2.48. The van der Waals surface area contributed by atoms with Crippen LogP contribution in [-0.4, -0.2) is 59.0 Å². The fourth-order valence-corrected chi connectivity index (χ4v) is 5.31. The van der Waals surface area contributed by atoms with Crippen LogP contribution in [0.2, 0.25) is 0 Å². The summed E-state index contributed by atoms with van der Waals surface area (Å²) in [6.45, 7) is -1.06. The fraction of sp³-hybridized carbons (Fsp3) is 0.333. The highest BCUT2D eigenvalue weighted by molar-refractivity contribution is 7.99. The highest BCUT2D eigenvalue weighted by atomic mass is 32.2. The topological polar surface area (TPSA) is 107 Å². The Morgan fingerprint density at radius 1 is 1.03 bits per heavy atom. The number of alkyl halides is 1. The molecule has 2 unspecified atom stereocenters. The van der Waals surface area contributed by atoms with Crippen molar-refractivity contribution in [3.8, 4) is 0 Å². The van der Waals surface area contributed by atoms with Crippen molar-refractivity contribution < 1.29 is 28.7 Å². The Kier molecular flexibility index (Phi) is 7.16. The SMILES string of the molecule is O=C(O)CC(NC(=O)C1CCCCN1C(=O)N1c2ccccc2Sc2ccccc21)C(=O)CF. The number of carboxylic acids is 1. The molecule has 4 rings (SSSR count). The summed E-state index contributed by atoms with van der Waals surface area (Å²) in [5.41, 5.74) is 1.41. The van der Waals surface area contributed by atoms with Gasteiger partial charge >= 0.3 is 12.0 Å². The van der Waals surface area contributed by atoms with Gasteiger partial charge in [0, 0.05) is 16.3 Å². The smallest absolute Gasteiger partial charge is 0.329 e. The lowest BCUT2D eigenvalue weighted by Crippen LogP contribution is -2.57. The molecule has 0 spiro atoms. The number of likely N-dealkylation sites (tertiary alicyclic amines) is 1. The maximum Gasteiger partial charge on any atom is 0.329 e. The van der Waals surface area contributed by atoms with Crippen LogP contribution in [0.1, 0.15) is 25.7 Å². The van der Waals surface area contributed by atoms with Crippen LogP contribution < -0.4 is 10.2 Å². The van der Waals surface area contributed by atoms with Gasteiger partial charge in [-0.1, -0.05) is 36.0 Å². The maximum atomic E-state index is 13.9. The van der Waals surface area contributed by atoms with E-state index in [1.165, 1.54) is 4.90 Å². The highest BCUT2D eigenvalue weighted by Gasteiger charge is 2.39. The number of aliphatic carboxylic acids is 1. The number of hydrogen-bond acceptors (Lipinski definition) is 5. The summed E-state index contributed by atoms with van der Waals surface area (Å²) in [7, 11) is 0. The number of carbonyl (C=O) groups excluding carboxylic acids is 3. The van der Waals surface area contributed by atoms with E-state index in [0.717, 1.165) is 9.79 Å². The number of carbonyl (C=O) groups is 4. The third kappa shape index (κ3) is 4.77. The van der Waals surface area contributed by atoms with Gasteiger partial charge in [0.2, 0.25) is 5.91 Å². The van der Waals surface area contributed by atoms with Crippen LogP contribution >= 0.6 is 11.8 Å². The van der Waals surface area contributed by atoms with Gasteiger partial charge in [0.15, 0.2) is 5.78 Å². The van der Waals surface area contributed by atoms with Crippen molar-refractivity contribution in [1.29, 1.82) is 0 Å². The number of halogens is 1. The molecule has 2 aromatic rings. The van der Waals surface area contributed by atoms with Crippen LogP contribution in [0.4, 0.5) is 20.6 Å². The number of anilines is 2. The molecule has 0 saturated carbocycles. The second-order valence-electron chi connectivity index (χ2n) is 8.12. The number of para-hydroxylation sites is 2. The lowest BCUT2D eigenvalue weighted by atomic mass is 10.0. The molecule has 8 nitrogen and oxygen atoms in total. The number of carboxylic acid groups (broad SMARTS) is 1. The minimum Gasteiger partial charge on any atom is -0.481 e. The lowest BCUT2D eigenvalue weighted by Gasteiger charge is -2.40. The minimum absolute atomic E-state index is 0.325. The van der Waals surface area contributed by atoms with Gasteiger partial charge in [-0.25, -0.2) is 9.18 Å². The molecule has 10 heteroatoms. The van der Waals surface area contributed by atoms with Gasteiger partial charge < -0.3 is 15.3 Å². The third-order valence-electron chi connectivity index (χ3n) is 5.89. The van der Waals surface area contributed by atoms with E-state index < -0.39 is 42.8 Å². The van der Waals surface area contributed by atoms with Gasteiger partial charge in [-0.2, -0.15) is 0 Å². The summed E-state index contributed by atoms with van der Waals surface area (Å²) in [5, 5.41) is 11.4. The molecule has 2 aromatic carbocycles. The predicted octanol–water partition coefficient (Wildman–Crippen LogP) is 3.76. The largest absolute Gasteiger partial charge is 0.481 e. The van der Waals surface area contributed by atoms with Crippen molar-refractivity contribution >= 4 is 46.8 Å². The first-order chi connectivity index (χ1) is 16.4. The summed E-state index contributed by atoms with van der Waals surface area (Å²) in [6.07, 6.45) is 1.02. The molecule has 0 bridgehead atoms. The third-order valence-corrected chi connectivity index (χ3v) is 7.02. The van der Waals surface area contributed by atoms with E-state index in [2.05, 4.69) is 5.32 Å². The zero-order chi connectivity index (χ0) is 24.2. The summed E-state index contributed by atoms with van der Waals surface area (Å²) in [6, 6.07) is 12.2. The Morgan fingerprint density at radius 3 is 2.24 bits per heavy atom. The van der Waals surface area contributed by atoms with Crippen LogP contribution in [0, 0.1) is 0 Å². The first kappa shape index (κ1) is 23.7. The zero-order valence-corrected chi connectivity index (χ0v) is 19.1. The van der Waals surface area contributed by atoms with E-state index in [1.54, 1.807) is 16.7 Å². The molecule has 2 atom stereocenters. The van der Waals surface area contributed by atoms with E-state index in [9.17, 15) is 23.6 Å². The van der Waals surface area contributed by atoms with E-state index in [4.69, 9.17) is 5.11 Å². The number of ketones is 1. The van der Waals surface area contributed by atoms with Crippen LogP contribution in [0.15, 0.2) is 58.3 Å². The van der Waals surface area contributed by atoms with Crippen LogP contribution in [0.3, 0.4) is 0 Å². The Morgan fingerprint density at radius 2 is 1.65 bits per heavy atom. The first-order valence-corrected chi connectivity index (χ1v) is 11.8. The number of nitrogens with zero attached hydrogens (tertiary/aromatic N) is 2. The Hall–Kier alpha value is -3.40. The minimum atomic E-state index is -1.48. The summed E-state index contributed by atoms with van der Waals surface area (Å²) in [4.78, 5) is 54.8. The standard InChI is InChI=1S/C24H24FN3O5S/c25-14-19(29)15(13-22(30)31)26-23(32)18-9-5-6-12-27(18)24(33)28-16-7-1-3-10-20(16)34-21-11-4-2-8-17(21)28/h1-4,7-8,10-11,15,18H,5-6,9,12-14H2,(H,26,32)(H,30,31). The summed E-state index contributed by atoms with van der Waals surface area (Å²) < 4.78 is 12.9. The number of piperidine rings is 1. The second kappa shape index (κ2) is 10.3. The van der Waals surface area contributed by atoms with Gasteiger partial charge in [-0.3, -0.25) is 19.3 Å². The van der Waals surface area contributed by atoms with Gasteiger partial charge in [0.05, 0.1) is 17.8 Å². The molecule has 0 radical (unpaired) electrons. The number of nitrogens with one attached hydrogen (secondary N) is 1. The zero-order valence-electron chi connectivity index (χ0n) is 18.3. The van der Waals surface area contributed by atoms with E-state index in [-0.39, 0.29) is 6.03 Å². The quantitative estimate of drug-likeness (QED) is 0.645. The van der Waals surface area contributed by atoms with Crippen molar-refractivity contribution in [3.63, 3.8) is 0 Å². The summed E-state index contributed by atoms with van der Waals surface area (Å²) >= 11 is 1.56. The molecule has 34 heavy (non-hydrogen) atoms. The molecule has 2 heterocycles. The van der Waals surface area contributed by atoms with Crippen molar-refractivity contribution in [2.75, 3.05) is 18.1 Å². The molecular weight excluding hydrogens is 461 g/mol. The van der Waals surface area contributed by atoms with E-state index in [1.807, 2.05) is 48.5 Å². The molecule has 2 aliphatic rings.